The molecular weight excluding hydrogens is 214 g/mol. The van der Waals surface area contributed by atoms with E-state index in [1.807, 2.05) is 0 Å². The van der Waals surface area contributed by atoms with Crippen LogP contribution in [-0.4, -0.2) is 13.7 Å². The van der Waals surface area contributed by atoms with Crippen molar-refractivity contribution in [3.63, 3.8) is 0 Å². The number of unbranched alkanes of at least 4 members (excludes halogenated alkanes) is 3. The zero-order valence-corrected chi connectivity index (χ0v) is 10.5. The van der Waals surface area contributed by atoms with Gasteiger partial charge in [0.25, 0.3) is 0 Å². The summed E-state index contributed by atoms with van der Waals surface area (Å²) in [6.45, 7) is 2.85. The van der Waals surface area contributed by atoms with E-state index in [9.17, 15) is 0 Å². The molecule has 0 saturated heterocycles. The second-order valence-corrected chi connectivity index (χ2v) is 3.89. The first-order valence-corrected chi connectivity index (χ1v) is 6.02. The first-order valence-electron chi connectivity index (χ1n) is 6.02. The van der Waals surface area contributed by atoms with E-state index in [2.05, 4.69) is 13.0 Å². The molecular formula is C14H19NO2. The van der Waals surface area contributed by atoms with E-state index in [0.29, 0.717) is 23.7 Å². The summed E-state index contributed by atoms with van der Waals surface area (Å²) in [4.78, 5) is 0. The van der Waals surface area contributed by atoms with Crippen LogP contribution in [0.1, 0.15) is 38.2 Å². The molecule has 1 aromatic rings. The standard InChI is InChI=1S/C14H19NO2/c1-3-4-5-6-9-17-14-10-12(11-15)7-8-13(14)16-2/h7-8,10H,3-6,9H2,1-2H3. The molecule has 0 radical (unpaired) electrons. The number of benzene rings is 1. The first kappa shape index (κ1) is 13.4. The van der Waals surface area contributed by atoms with Crippen LogP contribution in [0.25, 0.3) is 0 Å². The van der Waals surface area contributed by atoms with Crippen molar-refractivity contribution in [2.75, 3.05) is 13.7 Å². The van der Waals surface area contributed by atoms with Gasteiger partial charge in [-0.05, 0) is 18.6 Å². The van der Waals surface area contributed by atoms with Crippen LogP contribution in [0.5, 0.6) is 11.5 Å². The summed E-state index contributed by atoms with van der Waals surface area (Å²) in [5.74, 6) is 1.34. The summed E-state index contributed by atoms with van der Waals surface area (Å²) in [6, 6.07) is 7.30. The van der Waals surface area contributed by atoms with Crippen LogP contribution in [0.3, 0.4) is 0 Å². The molecule has 1 rings (SSSR count). The second-order valence-electron chi connectivity index (χ2n) is 3.89. The maximum Gasteiger partial charge on any atom is 0.162 e. The van der Waals surface area contributed by atoms with Crippen LogP contribution in [0.2, 0.25) is 0 Å². The zero-order valence-electron chi connectivity index (χ0n) is 10.5. The van der Waals surface area contributed by atoms with Gasteiger partial charge in [0.15, 0.2) is 11.5 Å². The smallest absolute Gasteiger partial charge is 0.162 e. The third kappa shape index (κ3) is 4.36. The molecule has 0 amide bonds. The Morgan fingerprint density at radius 2 is 2.00 bits per heavy atom. The first-order chi connectivity index (χ1) is 8.31. The van der Waals surface area contributed by atoms with E-state index in [1.54, 1.807) is 25.3 Å². The minimum Gasteiger partial charge on any atom is -0.493 e. The maximum absolute atomic E-state index is 8.82. The fourth-order valence-electron chi connectivity index (χ4n) is 1.57. The predicted molar refractivity (Wildman–Crippen MR) is 67.3 cm³/mol. The van der Waals surface area contributed by atoms with Gasteiger partial charge in [0.1, 0.15) is 0 Å². The van der Waals surface area contributed by atoms with Crippen molar-refractivity contribution in [3.8, 4) is 17.6 Å². The lowest BCUT2D eigenvalue weighted by Gasteiger charge is -2.10. The highest BCUT2D eigenvalue weighted by atomic mass is 16.5. The molecule has 3 heteroatoms. The molecule has 0 aliphatic rings. The Kier molecular flexibility index (Phi) is 5.95. The van der Waals surface area contributed by atoms with Gasteiger partial charge in [-0.25, -0.2) is 0 Å². The van der Waals surface area contributed by atoms with Crippen LogP contribution in [-0.2, 0) is 0 Å². The van der Waals surface area contributed by atoms with Gasteiger partial charge in [0.05, 0.1) is 25.3 Å². The summed E-state index contributed by atoms with van der Waals surface area (Å²) >= 11 is 0. The number of hydrogen-bond donors (Lipinski definition) is 0. The second kappa shape index (κ2) is 7.56. The van der Waals surface area contributed by atoms with E-state index in [-0.39, 0.29) is 0 Å². The quantitative estimate of drug-likeness (QED) is 0.676. The van der Waals surface area contributed by atoms with E-state index >= 15 is 0 Å². The molecule has 92 valence electrons. The fraction of sp³-hybridized carbons (Fsp3) is 0.500. The minimum atomic E-state index is 0.592. The van der Waals surface area contributed by atoms with Crippen LogP contribution in [0.15, 0.2) is 18.2 Å². The van der Waals surface area contributed by atoms with Crippen LogP contribution in [0.4, 0.5) is 0 Å². The van der Waals surface area contributed by atoms with E-state index in [0.717, 1.165) is 6.42 Å². The summed E-state index contributed by atoms with van der Waals surface area (Å²) in [5, 5.41) is 8.82. The van der Waals surface area contributed by atoms with Crippen LogP contribution < -0.4 is 9.47 Å². The van der Waals surface area contributed by atoms with Gasteiger partial charge in [-0.2, -0.15) is 5.26 Å². The predicted octanol–water partition coefficient (Wildman–Crippen LogP) is 3.53. The average molecular weight is 233 g/mol. The largest absolute Gasteiger partial charge is 0.493 e. The van der Waals surface area contributed by atoms with Crippen molar-refractivity contribution < 1.29 is 9.47 Å². The lowest BCUT2D eigenvalue weighted by Crippen LogP contribution is -1.99. The molecule has 0 N–H and O–H groups in total. The Hall–Kier alpha value is -1.69. The van der Waals surface area contributed by atoms with E-state index in [1.165, 1.54) is 19.3 Å². The Bertz CT molecular complexity index is 382. The van der Waals surface area contributed by atoms with E-state index < -0.39 is 0 Å². The van der Waals surface area contributed by atoms with Gasteiger partial charge in [-0.15, -0.1) is 0 Å². The molecule has 0 saturated carbocycles. The van der Waals surface area contributed by atoms with Gasteiger partial charge in [-0.3, -0.25) is 0 Å². The van der Waals surface area contributed by atoms with Crippen molar-refractivity contribution in [1.82, 2.24) is 0 Å². The van der Waals surface area contributed by atoms with Gasteiger partial charge in [0, 0.05) is 6.07 Å². The lowest BCUT2D eigenvalue weighted by molar-refractivity contribution is 0.285. The van der Waals surface area contributed by atoms with Gasteiger partial charge < -0.3 is 9.47 Å². The number of nitrogens with zero attached hydrogens (tertiary/aromatic N) is 1. The van der Waals surface area contributed by atoms with Crippen molar-refractivity contribution in [3.05, 3.63) is 23.8 Å². The molecule has 3 nitrogen and oxygen atoms in total. The highest BCUT2D eigenvalue weighted by molar-refractivity contribution is 5.46. The molecule has 0 aliphatic heterocycles. The highest BCUT2D eigenvalue weighted by Gasteiger charge is 2.05. The number of rotatable bonds is 7. The lowest BCUT2D eigenvalue weighted by atomic mass is 10.2. The third-order valence-corrected chi connectivity index (χ3v) is 2.55. The summed E-state index contributed by atoms with van der Waals surface area (Å²) in [6.07, 6.45) is 4.66. The summed E-state index contributed by atoms with van der Waals surface area (Å²) < 4.78 is 10.8. The highest BCUT2D eigenvalue weighted by Crippen LogP contribution is 2.27. The Morgan fingerprint density at radius 1 is 1.18 bits per heavy atom. The Morgan fingerprint density at radius 3 is 2.65 bits per heavy atom. The molecule has 0 fully saturated rings. The van der Waals surface area contributed by atoms with E-state index in [4.69, 9.17) is 14.7 Å². The van der Waals surface area contributed by atoms with Gasteiger partial charge in [-0.1, -0.05) is 26.2 Å². The average Bonchev–Trinajstić information content (AvgIpc) is 2.38. The minimum absolute atomic E-state index is 0.592. The van der Waals surface area contributed by atoms with Crippen molar-refractivity contribution in [2.45, 2.75) is 32.6 Å². The monoisotopic (exact) mass is 233 g/mol. The Balaban J connectivity index is 2.53. The Labute approximate surface area is 103 Å². The van der Waals surface area contributed by atoms with Crippen molar-refractivity contribution >= 4 is 0 Å². The molecule has 17 heavy (non-hydrogen) atoms. The molecule has 0 aromatic heterocycles. The summed E-state index contributed by atoms with van der Waals surface area (Å²) in [5.41, 5.74) is 0.592. The topological polar surface area (TPSA) is 42.2 Å². The van der Waals surface area contributed by atoms with Crippen LogP contribution in [0, 0.1) is 11.3 Å². The number of ether oxygens (including phenoxy) is 2. The van der Waals surface area contributed by atoms with Gasteiger partial charge >= 0.3 is 0 Å². The molecule has 0 unspecified atom stereocenters. The molecule has 0 atom stereocenters. The normalized spacial score (nSPS) is 9.71. The van der Waals surface area contributed by atoms with Crippen LogP contribution >= 0.6 is 0 Å². The van der Waals surface area contributed by atoms with Crippen molar-refractivity contribution in [2.24, 2.45) is 0 Å². The fourth-order valence-corrected chi connectivity index (χ4v) is 1.57. The third-order valence-electron chi connectivity index (χ3n) is 2.55. The molecule has 0 spiro atoms. The zero-order chi connectivity index (χ0) is 12.5. The number of nitriles is 1. The SMILES string of the molecule is CCCCCCOc1cc(C#N)ccc1OC. The molecule has 0 aliphatic carbocycles. The molecule has 0 heterocycles. The molecule has 1 aromatic carbocycles. The number of hydrogen-bond acceptors (Lipinski definition) is 3. The maximum atomic E-state index is 8.82. The summed E-state index contributed by atoms with van der Waals surface area (Å²) in [7, 11) is 1.60. The molecule has 0 bridgehead atoms. The van der Waals surface area contributed by atoms with Gasteiger partial charge in [0.2, 0.25) is 0 Å². The van der Waals surface area contributed by atoms with Crippen molar-refractivity contribution in [1.29, 1.82) is 5.26 Å². The number of methoxy groups -OCH3 is 1.